The largest absolute Gasteiger partial charge is 0.457 e. The molecule has 2 aromatic rings. The van der Waals surface area contributed by atoms with E-state index in [4.69, 9.17) is 16.3 Å². The maximum atomic E-state index is 6.03. The average Bonchev–Trinajstić information content (AvgIpc) is 3.37. The summed E-state index contributed by atoms with van der Waals surface area (Å²) in [5.74, 6) is 1.58. The van der Waals surface area contributed by atoms with E-state index >= 15 is 0 Å². The van der Waals surface area contributed by atoms with Crippen LogP contribution in [0, 0.1) is 13.8 Å². The minimum atomic E-state index is 0.666. The first-order valence-corrected chi connectivity index (χ1v) is 9.11. The zero-order valence-electron chi connectivity index (χ0n) is 14.0. The summed E-state index contributed by atoms with van der Waals surface area (Å²) in [6.07, 6.45) is 4.46. The summed E-state index contributed by atoms with van der Waals surface area (Å²) in [4.78, 5) is 6.81. The molecule has 0 heterocycles. The second kappa shape index (κ2) is 7.16. The van der Waals surface area contributed by atoms with E-state index in [-0.39, 0.29) is 0 Å². The lowest BCUT2D eigenvalue weighted by molar-refractivity contribution is 0.478. The Hall–Kier alpha value is -1.52. The van der Waals surface area contributed by atoms with Gasteiger partial charge in [-0.15, -0.1) is 0 Å². The normalized spacial score (nSPS) is 14.2. The number of ether oxygens (including phenoxy) is 1. The second-order valence-electron chi connectivity index (χ2n) is 6.22. The summed E-state index contributed by atoms with van der Waals surface area (Å²) in [5.41, 5.74) is 3.11. The van der Waals surface area contributed by atoms with Crippen molar-refractivity contribution in [1.82, 2.24) is 4.90 Å². The van der Waals surface area contributed by atoms with Crippen molar-refractivity contribution in [2.24, 2.45) is 4.99 Å². The molecule has 0 aliphatic heterocycles. The molecule has 2 aromatic carbocycles. The maximum Gasteiger partial charge on any atom is 0.130 e. The van der Waals surface area contributed by atoms with Gasteiger partial charge in [-0.25, -0.2) is 4.99 Å². The minimum Gasteiger partial charge on any atom is -0.457 e. The van der Waals surface area contributed by atoms with Crippen molar-refractivity contribution in [2.45, 2.75) is 32.7 Å². The fraction of sp³-hybridized carbons (Fsp3) is 0.316. The molecule has 0 saturated heterocycles. The lowest BCUT2D eigenvalue weighted by atomic mass is 10.1. The highest BCUT2D eigenvalue weighted by atomic mass is 79.9. The molecule has 1 aliphatic carbocycles. The molecule has 3 nitrogen and oxygen atoms in total. The standard InChI is InChI=1S/C19H20BrClN2O/c1-12-9-19(24-15-6-7-17(21)16(20)10-15)13(2)8-18(12)22-11-23(3)14-4-5-14/h6-11,14H,4-5H2,1-3H3/b22-11+. The van der Waals surface area contributed by atoms with Crippen molar-refractivity contribution in [3.05, 3.63) is 51.0 Å². The molecule has 0 spiro atoms. The van der Waals surface area contributed by atoms with Gasteiger partial charge in [-0.3, -0.25) is 0 Å². The van der Waals surface area contributed by atoms with Gasteiger partial charge in [-0.05, 0) is 84.1 Å². The van der Waals surface area contributed by atoms with Crippen molar-refractivity contribution < 1.29 is 4.74 Å². The highest BCUT2D eigenvalue weighted by Crippen LogP contribution is 2.34. The summed E-state index contributed by atoms with van der Waals surface area (Å²) < 4.78 is 6.82. The van der Waals surface area contributed by atoms with Crippen molar-refractivity contribution in [3.8, 4) is 11.5 Å². The third-order valence-electron chi connectivity index (χ3n) is 4.11. The molecule has 0 radical (unpaired) electrons. The number of rotatable bonds is 5. The van der Waals surface area contributed by atoms with Gasteiger partial charge in [-0.2, -0.15) is 0 Å². The smallest absolute Gasteiger partial charge is 0.130 e. The van der Waals surface area contributed by atoms with Gasteiger partial charge in [0.05, 0.1) is 17.0 Å². The van der Waals surface area contributed by atoms with E-state index in [2.05, 4.69) is 38.9 Å². The van der Waals surface area contributed by atoms with Gasteiger partial charge in [0.2, 0.25) is 0 Å². The van der Waals surface area contributed by atoms with Gasteiger partial charge >= 0.3 is 0 Å². The van der Waals surface area contributed by atoms with Crippen LogP contribution in [0.15, 0.2) is 39.8 Å². The topological polar surface area (TPSA) is 24.8 Å². The first-order chi connectivity index (χ1) is 11.4. The molecule has 1 aliphatic rings. The molecule has 0 atom stereocenters. The zero-order chi connectivity index (χ0) is 17.3. The fourth-order valence-electron chi connectivity index (χ4n) is 2.42. The first kappa shape index (κ1) is 17.3. The maximum absolute atomic E-state index is 6.03. The van der Waals surface area contributed by atoms with E-state index in [1.165, 1.54) is 12.8 Å². The summed E-state index contributed by atoms with van der Waals surface area (Å²) >= 11 is 9.44. The Balaban J connectivity index is 1.79. The Bertz CT molecular complexity index is 787. The van der Waals surface area contributed by atoms with Crippen LogP contribution in [0.2, 0.25) is 5.02 Å². The van der Waals surface area contributed by atoms with Gasteiger partial charge in [0.25, 0.3) is 0 Å². The Kier molecular flexibility index (Phi) is 5.16. The quantitative estimate of drug-likeness (QED) is 0.431. The monoisotopic (exact) mass is 406 g/mol. The van der Waals surface area contributed by atoms with Crippen LogP contribution >= 0.6 is 27.5 Å². The molecule has 1 saturated carbocycles. The van der Waals surface area contributed by atoms with Crippen LogP contribution in [0.25, 0.3) is 0 Å². The van der Waals surface area contributed by atoms with Crippen LogP contribution in [-0.4, -0.2) is 24.3 Å². The summed E-state index contributed by atoms with van der Waals surface area (Å²) in [6.45, 7) is 4.08. The molecular weight excluding hydrogens is 388 g/mol. The third kappa shape index (κ3) is 4.11. The molecule has 0 amide bonds. The lowest BCUT2D eigenvalue weighted by Crippen LogP contribution is -2.17. The van der Waals surface area contributed by atoms with E-state index in [1.54, 1.807) is 0 Å². The van der Waals surface area contributed by atoms with Gasteiger partial charge in [0, 0.05) is 17.6 Å². The summed E-state index contributed by atoms with van der Waals surface area (Å²) in [7, 11) is 2.08. The highest BCUT2D eigenvalue weighted by Gasteiger charge is 2.24. The number of aliphatic imine (C=N–C) groups is 1. The van der Waals surface area contributed by atoms with E-state index in [0.29, 0.717) is 11.1 Å². The Morgan fingerprint density at radius 1 is 1.21 bits per heavy atom. The van der Waals surface area contributed by atoms with Gasteiger partial charge in [0.1, 0.15) is 11.5 Å². The summed E-state index contributed by atoms with van der Waals surface area (Å²) in [5, 5.41) is 0.666. The molecule has 24 heavy (non-hydrogen) atoms. The first-order valence-electron chi connectivity index (χ1n) is 7.94. The zero-order valence-corrected chi connectivity index (χ0v) is 16.4. The second-order valence-corrected chi connectivity index (χ2v) is 7.48. The van der Waals surface area contributed by atoms with Crippen LogP contribution in [-0.2, 0) is 0 Å². The van der Waals surface area contributed by atoms with E-state index < -0.39 is 0 Å². The Morgan fingerprint density at radius 3 is 2.62 bits per heavy atom. The Labute approximate surface area is 156 Å². The molecule has 0 unspecified atom stereocenters. The van der Waals surface area contributed by atoms with Crippen molar-refractivity contribution in [3.63, 3.8) is 0 Å². The fourth-order valence-corrected chi connectivity index (χ4v) is 2.90. The SMILES string of the molecule is Cc1cc(Oc2ccc(Cl)c(Br)c2)c(C)cc1/N=C/N(C)C1CC1. The van der Waals surface area contributed by atoms with E-state index in [9.17, 15) is 0 Å². The van der Waals surface area contributed by atoms with Gasteiger partial charge in [-0.1, -0.05) is 11.6 Å². The van der Waals surface area contributed by atoms with Crippen LogP contribution in [0.1, 0.15) is 24.0 Å². The average molecular weight is 408 g/mol. The predicted molar refractivity (Wildman–Crippen MR) is 104 cm³/mol. The van der Waals surface area contributed by atoms with Crippen LogP contribution in [0.3, 0.4) is 0 Å². The minimum absolute atomic E-state index is 0.666. The van der Waals surface area contributed by atoms with Gasteiger partial charge < -0.3 is 9.64 Å². The van der Waals surface area contributed by atoms with E-state index in [0.717, 1.165) is 32.8 Å². The molecule has 0 aromatic heterocycles. The number of nitrogens with zero attached hydrogens (tertiary/aromatic N) is 2. The van der Waals surface area contributed by atoms with Crippen molar-refractivity contribution in [2.75, 3.05) is 7.05 Å². The van der Waals surface area contributed by atoms with Gasteiger partial charge in [0.15, 0.2) is 0 Å². The molecule has 3 rings (SSSR count). The number of aryl methyl sites for hydroxylation is 2. The number of halogens is 2. The predicted octanol–water partition coefficient (Wildman–Crippen LogP) is 6.27. The van der Waals surface area contributed by atoms with Crippen LogP contribution in [0.5, 0.6) is 11.5 Å². The molecule has 0 N–H and O–H groups in total. The van der Waals surface area contributed by atoms with Crippen molar-refractivity contribution in [1.29, 1.82) is 0 Å². The van der Waals surface area contributed by atoms with Crippen molar-refractivity contribution >= 4 is 39.6 Å². The number of hydrogen-bond donors (Lipinski definition) is 0. The molecule has 1 fully saturated rings. The molecule has 126 valence electrons. The molecule has 5 heteroatoms. The lowest BCUT2D eigenvalue weighted by Gasteiger charge is -2.13. The summed E-state index contributed by atoms with van der Waals surface area (Å²) in [6, 6.07) is 10.3. The highest BCUT2D eigenvalue weighted by molar-refractivity contribution is 9.10. The van der Waals surface area contributed by atoms with Crippen LogP contribution in [0.4, 0.5) is 5.69 Å². The Morgan fingerprint density at radius 2 is 1.96 bits per heavy atom. The molecular formula is C19H20BrClN2O. The third-order valence-corrected chi connectivity index (χ3v) is 5.33. The van der Waals surface area contributed by atoms with E-state index in [1.807, 2.05) is 44.5 Å². The van der Waals surface area contributed by atoms with Crippen LogP contribution < -0.4 is 4.74 Å². The number of benzene rings is 2. The number of hydrogen-bond acceptors (Lipinski definition) is 2. The molecule has 0 bridgehead atoms.